The molecule has 1 aliphatic carbocycles. The highest BCUT2D eigenvalue weighted by atomic mass is 16.4. The van der Waals surface area contributed by atoms with Crippen LogP contribution < -0.4 is 5.32 Å². The molecule has 0 saturated heterocycles. The summed E-state index contributed by atoms with van der Waals surface area (Å²) in [6.45, 7) is 0. The number of amides is 1. The number of carbonyl (C=O) groups is 2. The monoisotopic (exact) mass is 349 g/mol. The zero-order valence-corrected chi connectivity index (χ0v) is 14.4. The molecule has 0 unspecified atom stereocenters. The Morgan fingerprint density at radius 2 is 1.81 bits per heavy atom. The number of nitrogens with one attached hydrogen (secondary N) is 1. The number of hydrogen-bond acceptors (Lipinski definition) is 3. The second-order valence-corrected chi connectivity index (χ2v) is 6.76. The highest BCUT2D eigenvalue weighted by Gasteiger charge is 2.51. The maximum Gasteiger partial charge on any atom is 0.319 e. The fourth-order valence-corrected chi connectivity index (χ4v) is 3.43. The highest BCUT2D eigenvalue weighted by molar-refractivity contribution is 6.09. The van der Waals surface area contributed by atoms with Gasteiger partial charge in [-0.2, -0.15) is 0 Å². The zero-order valence-electron chi connectivity index (χ0n) is 14.4. The summed E-state index contributed by atoms with van der Waals surface area (Å²) in [6, 6.07) is 15.2. The number of imidazole rings is 1. The number of anilines is 1. The average Bonchev–Trinajstić information content (AvgIpc) is 2.91. The van der Waals surface area contributed by atoms with E-state index in [4.69, 9.17) is 0 Å². The van der Waals surface area contributed by atoms with E-state index in [-0.39, 0.29) is 0 Å². The molecule has 1 heterocycles. The topological polar surface area (TPSA) is 84.2 Å². The van der Waals surface area contributed by atoms with Crippen molar-refractivity contribution in [3.05, 3.63) is 48.5 Å². The number of aliphatic carboxylic acids is 1. The van der Waals surface area contributed by atoms with Crippen molar-refractivity contribution >= 4 is 28.6 Å². The summed E-state index contributed by atoms with van der Waals surface area (Å²) in [5.74, 6) is -0.644. The molecule has 0 aliphatic heterocycles. The lowest BCUT2D eigenvalue weighted by molar-refractivity contribution is -0.159. The molecule has 3 aromatic rings. The molecular formula is C20H19N3O3. The van der Waals surface area contributed by atoms with Crippen LogP contribution in [0.15, 0.2) is 48.5 Å². The molecule has 1 saturated carbocycles. The van der Waals surface area contributed by atoms with Crippen LogP contribution in [-0.2, 0) is 16.6 Å². The molecule has 1 fully saturated rings. The van der Waals surface area contributed by atoms with Crippen LogP contribution in [-0.4, -0.2) is 26.5 Å². The number of carboxylic acid groups (broad SMARTS) is 1. The van der Waals surface area contributed by atoms with Gasteiger partial charge < -0.3 is 15.0 Å². The number of para-hydroxylation sites is 2. The van der Waals surface area contributed by atoms with Crippen LogP contribution in [0.1, 0.15) is 19.3 Å². The second kappa shape index (κ2) is 5.98. The number of aryl methyl sites for hydroxylation is 1. The second-order valence-electron chi connectivity index (χ2n) is 6.76. The molecule has 2 N–H and O–H groups in total. The van der Waals surface area contributed by atoms with Crippen molar-refractivity contribution in [2.24, 2.45) is 12.5 Å². The lowest BCUT2D eigenvalue weighted by Crippen LogP contribution is -2.48. The van der Waals surface area contributed by atoms with Crippen molar-refractivity contribution in [2.45, 2.75) is 19.3 Å². The minimum atomic E-state index is -1.27. The molecule has 0 radical (unpaired) electrons. The van der Waals surface area contributed by atoms with E-state index < -0.39 is 17.3 Å². The lowest BCUT2D eigenvalue weighted by Gasteiger charge is -2.35. The summed E-state index contributed by atoms with van der Waals surface area (Å²) < 4.78 is 2.02. The number of carbonyl (C=O) groups excluding carboxylic acids is 1. The number of hydrogen-bond donors (Lipinski definition) is 2. The van der Waals surface area contributed by atoms with Gasteiger partial charge in [-0.05, 0) is 49.2 Å². The SMILES string of the molecule is Cn1c(-c2ccc(NC(=O)C3(C(=O)O)CCC3)cc2)nc2ccccc21. The van der Waals surface area contributed by atoms with Crippen LogP contribution in [0.25, 0.3) is 22.4 Å². The number of nitrogens with zero attached hydrogens (tertiary/aromatic N) is 2. The van der Waals surface area contributed by atoms with Gasteiger partial charge in [-0.25, -0.2) is 4.98 Å². The number of fused-ring (bicyclic) bond motifs is 1. The van der Waals surface area contributed by atoms with Crippen LogP contribution in [0.3, 0.4) is 0 Å². The van der Waals surface area contributed by atoms with Crippen LogP contribution in [0.4, 0.5) is 5.69 Å². The smallest absolute Gasteiger partial charge is 0.319 e. The van der Waals surface area contributed by atoms with Gasteiger partial charge in [-0.1, -0.05) is 18.6 Å². The molecule has 26 heavy (non-hydrogen) atoms. The Morgan fingerprint density at radius 1 is 1.12 bits per heavy atom. The Kier molecular flexibility index (Phi) is 3.76. The third-order valence-corrected chi connectivity index (χ3v) is 5.24. The maximum atomic E-state index is 12.4. The minimum absolute atomic E-state index is 0.395. The van der Waals surface area contributed by atoms with Crippen LogP contribution >= 0.6 is 0 Å². The molecule has 1 amide bonds. The third-order valence-electron chi connectivity index (χ3n) is 5.24. The van der Waals surface area contributed by atoms with Crippen LogP contribution in [0.2, 0.25) is 0 Å². The van der Waals surface area contributed by atoms with Gasteiger partial charge in [0.1, 0.15) is 11.2 Å². The largest absolute Gasteiger partial charge is 0.480 e. The van der Waals surface area contributed by atoms with E-state index >= 15 is 0 Å². The van der Waals surface area contributed by atoms with Gasteiger partial charge in [-0.15, -0.1) is 0 Å². The van der Waals surface area contributed by atoms with Gasteiger partial charge in [0.15, 0.2) is 0 Å². The zero-order chi connectivity index (χ0) is 18.3. The van der Waals surface area contributed by atoms with Gasteiger partial charge in [0, 0.05) is 18.3 Å². The molecule has 4 rings (SSSR count). The van der Waals surface area contributed by atoms with Crippen molar-refractivity contribution < 1.29 is 14.7 Å². The Bertz CT molecular complexity index is 1000. The van der Waals surface area contributed by atoms with Gasteiger partial charge in [0.05, 0.1) is 11.0 Å². The van der Waals surface area contributed by atoms with Crippen molar-refractivity contribution in [1.29, 1.82) is 0 Å². The number of benzene rings is 2. The molecule has 6 nitrogen and oxygen atoms in total. The molecule has 1 aromatic heterocycles. The van der Waals surface area contributed by atoms with Gasteiger partial charge in [0.2, 0.25) is 5.91 Å². The Hall–Kier alpha value is -3.15. The molecule has 6 heteroatoms. The number of aromatic nitrogens is 2. The quantitative estimate of drug-likeness (QED) is 0.707. The first-order valence-electron chi connectivity index (χ1n) is 8.58. The standard InChI is InChI=1S/C20H19N3O3/c1-23-16-6-3-2-5-15(16)22-17(23)13-7-9-14(10-8-13)21-18(24)20(19(25)26)11-4-12-20/h2-3,5-10H,4,11-12H2,1H3,(H,21,24)(H,25,26). The van der Waals surface area contributed by atoms with Gasteiger partial charge in [-0.3, -0.25) is 9.59 Å². The predicted molar refractivity (Wildman–Crippen MR) is 98.7 cm³/mol. The van der Waals surface area contributed by atoms with E-state index in [1.807, 2.05) is 48.0 Å². The number of carboxylic acids is 1. The summed E-state index contributed by atoms with van der Waals surface area (Å²) in [4.78, 5) is 28.5. The lowest BCUT2D eigenvalue weighted by atomic mass is 9.68. The number of rotatable bonds is 4. The summed E-state index contributed by atoms with van der Waals surface area (Å²) in [6.07, 6.45) is 1.56. The van der Waals surface area contributed by atoms with E-state index in [1.54, 1.807) is 12.1 Å². The molecule has 0 bridgehead atoms. The molecule has 1 aliphatic rings. The first kappa shape index (κ1) is 16.3. The summed E-state index contributed by atoms with van der Waals surface area (Å²) in [5, 5.41) is 12.1. The Labute approximate surface area is 150 Å². The molecular weight excluding hydrogens is 330 g/mol. The van der Waals surface area contributed by atoms with Crippen molar-refractivity contribution in [3.63, 3.8) is 0 Å². The van der Waals surface area contributed by atoms with Crippen molar-refractivity contribution in [1.82, 2.24) is 9.55 Å². The summed E-state index contributed by atoms with van der Waals surface area (Å²) >= 11 is 0. The third kappa shape index (κ3) is 2.45. The van der Waals surface area contributed by atoms with Crippen LogP contribution in [0.5, 0.6) is 0 Å². The van der Waals surface area contributed by atoms with E-state index in [2.05, 4.69) is 10.3 Å². The summed E-state index contributed by atoms with van der Waals surface area (Å²) in [5.41, 5.74) is 2.23. The summed E-state index contributed by atoms with van der Waals surface area (Å²) in [7, 11) is 1.97. The Balaban J connectivity index is 1.58. The normalized spacial score (nSPS) is 15.4. The van der Waals surface area contributed by atoms with E-state index in [0.717, 1.165) is 28.8 Å². The first-order valence-corrected chi connectivity index (χ1v) is 8.58. The molecule has 0 spiro atoms. The maximum absolute atomic E-state index is 12.4. The van der Waals surface area contributed by atoms with E-state index in [0.29, 0.717) is 18.5 Å². The van der Waals surface area contributed by atoms with Crippen molar-refractivity contribution in [3.8, 4) is 11.4 Å². The average molecular weight is 349 g/mol. The predicted octanol–water partition coefficient (Wildman–Crippen LogP) is 3.43. The van der Waals surface area contributed by atoms with Gasteiger partial charge >= 0.3 is 5.97 Å². The first-order chi connectivity index (χ1) is 12.5. The highest BCUT2D eigenvalue weighted by Crippen LogP contribution is 2.42. The van der Waals surface area contributed by atoms with Crippen molar-refractivity contribution in [2.75, 3.05) is 5.32 Å². The Morgan fingerprint density at radius 3 is 2.38 bits per heavy atom. The minimum Gasteiger partial charge on any atom is -0.480 e. The fraction of sp³-hybridized carbons (Fsp3) is 0.250. The van der Waals surface area contributed by atoms with Crippen LogP contribution in [0, 0.1) is 5.41 Å². The molecule has 0 atom stereocenters. The molecule has 2 aromatic carbocycles. The van der Waals surface area contributed by atoms with E-state index in [1.165, 1.54) is 0 Å². The fourth-order valence-electron chi connectivity index (χ4n) is 3.43. The van der Waals surface area contributed by atoms with E-state index in [9.17, 15) is 14.7 Å². The van der Waals surface area contributed by atoms with Gasteiger partial charge in [0.25, 0.3) is 0 Å². The molecule has 132 valence electrons.